The number of likely N-dealkylation sites (N-methyl/N-ethyl adjacent to an activating group) is 1. The molecule has 13 heavy (non-hydrogen) atoms. The van der Waals surface area contributed by atoms with E-state index in [2.05, 4.69) is 0 Å². The Morgan fingerprint density at radius 2 is 2.23 bits per heavy atom. The quantitative estimate of drug-likeness (QED) is 0.675. The summed E-state index contributed by atoms with van der Waals surface area (Å²) in [6.45, 7) is 2.96. The molecule has 0 aromatic rings. The van der Waals surface area contributed by atoms with E-state index in [0.717, 1.165) is 19.4 Å². The zero-order valence-corrected chi connectivity index (χ0v) is 9.01. The van der Waals surface area contributed by atoms with Crippen LogP contribution in [0.15, 0.2) is 0 Å². The third-order valence-corrected chi connectivity index (χ3v) is 4.36. The summed E-state index contributed by atoms with van der Waals surface area (Å²) in [6, 6.07) is 0.0405. The molecule has 0 N–H and O–H groups in total. The second-order valence-corrected chi connectivity index (χ2v) is 5.60. The van der Waals surface area contributed by atoms with Crippen LogP contribution in [0.1, 0.15) is 19.8 Å². The molecule has 1 unspecified atom stereocenters. The van der Waals surface area contributed by atoms with Gasteiger partial charge in [0.05, 0.1) is 12.4 Å². The van der Waals surface area contributed by atoms with Gasteiger partial charge in [0.15, 0.2) is 0 Å². The summed E-state index contributed by atoms with van der Waals surface area (Å²) in [5, 5.41) is 0. The maximum Gasteiger partial charge on any atom is 0.213 e. The molecule has 1 atom stereocenters. The molecular weight excluding hydrogens is 190 g/mol. The standard InChI is InChI=1S/C8H17NO3S/c1-3-13(10,11)9(2)8-5-4-6-12-7-8/h8H,3-7H2,1-2H3. The van der Waals surface area contributed by atoms with Crippen molar-refractivity contribution in [3.8, 4) is 0 Å². The first-order valence-corrected chi connectivity index (χ1v) is 6.22. The Labute approximate surface area is 79.9 Å². The molecule has 4 nitrogen and oxygen atoms in total. The Kier molecular flexibility index (Phi) is 3.70. The van der Waals surface area contributed by atoms with Crippen LogP contribution in [0.25, 0.3) is 0 Å². The van der Waals surface area contributed by atoms with Crippen molar-refractivity contribution < 1.29 is 13.2 Å². The van der Waals surface area contributed by atoms with Gasteiger partial charge in [-0.15, -0.1) is 0 Å². The van der Waals surface area contributed by atoms with E-state index in [1.165, 1.54) is 4.31 Å². The lowest BCUT2D eigenvalue weighted by Gasteiger charge is -2.29. The average Bonchev–Trinajstić information content (AvgIpc) is 2.18. The van der Waals surface area contributed by atoms with Gasteiger partial charge in [-0.1, -0.05) is 0 Å². The van der Waals surface area contributed by atoms with Gasteiger partial charge in [0, 0.05) is 19.7 Å². The highest BCUT2D eigenvalue weighted by Gasteiger charge is 2.26. The van der Waals surface area contributed by atoms with E-state index in [4.69, 9.17) is 4.74 Å². The van der Waals surface area contributed by atoms with Gasteiger partial charge < -0.3 is 4.74 Å². The number of hydrogen-bond acceptors (Lipinski definition) is 3. The van der Waals surface area contributed by atoms with Crippen molar-refractivity contribution in [2.45, 2.75) is 25.8 Å². The molecule has 0 aromatic heterocycles. The Hall–Kier alpha value is -0.130. The predicted octanol–water partition coefficient (Wildman–Crippen LogP) is 0.447. The van der Waals surface area contributed by atoms with Crippen molar-refractivity contribution in [2.24, 2.45) is 0 Å². The molecule has 0 amide bonds. The lowest BCUT2D eigenvalue weighted by atomic mass is 10.1. The van der Waals surface area contributed by atoms with Crippen LogP contribution in [0.5, 0.6) is 0 Å². The van der Waals surface area contributed by atoms with E-state index in [0.29, 0.717) is 6.61 Å². The van der Waals surface area contributed by atoms with Crippen molar-refractivity contribution >= 4 is 10.0 Å². The molecule has 1 aliphatic heterocycles. The third-order valence-electron chi connectivity index (χ3n) is 2.45. The van der Waals surface area contributed by atoms with E-state index in [-0.39, 0.29) is 11.8 Å². The molecule has 0 bridgehead atoms. The van der Waals surface area contributed by atoms with E-state index in [1.54, 1.807) is 14.0 Å². The number of rotatable bonds is 3. The lowest BCUT2D eigenvalue weighted by Crippen LogP contribution is -2.42. The first kappa shape index (κ1) is 10.9. The molecule has 1 rings (SSSR count). The van der Waals surface area contributed by atoms with Gasteiger partial charge >= 0.3 is 0 Å². The van der Waals surface area contributed by atoms with Crippen LogP contribution in [-0.4, -0.2) is 44.8 Å². The molecule has 1 aliphatic rings. The van der Waals surface area contributed by atoms with E-state index >= 15 is 0 Å². The maximum atomic E-state index is 11.5. The van der Waals surface area contributed by atoms with Gasteiger partial charge in [0.1, 0.15) is 0 Å². The number of hydrogen-bond donors (Lipinski definition) is 0. The van der Waals surface area contributed by atoms with E-state index < -0.39 is 10.0 Å². The van der Waals surface area contributed by atoms with E-state index in [9.17, 15) is 8.42 Å². The minimum atomic E-state index is -3.04. The Morgan fingerprint density at radius 3 is 2.69 bits per heavy atom. The van der Waals surface area contributed by atoms with Gasteiger partial charge in [-0.3, -0.25) is 0 Å². The van der Waals surface area contributed by atoms with Crippen LogP contribution < -0.4 is 0 Å². The molecule has 0 aliphatic carbocycles. The highest BCUT2D eigenvalue weighted by atomic mass is 32.2. The first-order valence-electron chi connectivity index (χ1n) is 4.61. The molecule has 0 aromatic carbocycles. The van der Waals surface area contributed by atoms with Gasteiger partial charge in [-0.2, -0.15) is 4.31 Å². The Morgan fingerprint density at radius 1 is 1.54 bits per heavy atom. The molecule has 1 saturated heterocycles. The van der Waals surface area contributed by atoms with Crippen molar-refractivity contribution in [1.29, 1.82) is 0 Å². The fourth-order valence-electron chi connectivity index (χ4n) is 1.44. The molecule has 5 heteroatoms. The van der Waals surface area contributed by atoms with Crippen LogP contribution in [0.4, 0.5) is 0 Å². The van der Waals surface area contributed by atoms with Crippen LogP contribution in [0, 0.1) is 0 Å². The summed E-state index contributed by atoms with van der Waals surface area (Å²) in [5.74, 6) is 0.167. The fraction of sp³-hybridized carbons (Fsp3) is 1.00. The van der Waals surface area contributed by atoms with Crippen LogP contribution in [-0.2, 0) is 14.8 Å². The van der Waals surface area contributed by atoms with Gasteiger partial charge in [0.2, 0.25) is 10.0 Å². The molecule has 1 fully saturated rings. The zero-order valence-electron chi connectivity index (χ0n) is 8.19. The highest BCUT2D eigenvalue weighted by molar-refractivity contribution is 7.89. The van der Waals surface area contributed by atoms with Crippen molar-refractivity contribution in [3.63, 3.8) is 0 Å². The van der Waals surface area contributed by atoms with Crippen LogP contribution in [0.2, 0.25) is 0 Å². The summed E-state index contributed by atoms with van der Waals surface area (Å²) >= 11 is 0. The van der Waals surface area contributed by atoms with Gasteiger partial charge in [-0.05, 0) is 19.8 Å². The van der Waals surface area contributed by atoms with Crippen molar-refractivity contribution in [1.82, 2.24) is 4.31 Å². The van der Waals surface area contributed by atoms with Crippen LogP contribution in [0.3, 0.4) is 0 Å². The second kappa shape index (κ2) is 4.39. The van der Waals surface area contributed by atoms with Crippen molar-refractivity contribution in [2.75, 3.05) is 26.0 Å². The van der Waals surface area contributed by atoms with Crippen molar-refractivity contribution in [3.05, 3.63) is 0 Å². The number of sulfonamides is 1. The molecular formula is C8H17NO3S. The van der Waals surface area contributed by atoms with Gasteiger partial charge in [-0.25, -0.2) is 8.42 Å². The summed E-state index contributed by atoms with van der Waals surface area (Å²) in [7, 11) is -1.41. The summed E-state index contributed by atoms with van der Waals surface area (Å²) in [6.07, 6.45) is 1.87. The first-order chi connectivity index (χ1) is 6.08. The molecule has 78 valence electrons. The summed E-state index contributed by atoms with van der Waals surface area (Å²) in [5.41, 5.74) is 0. The smallest absolute Gasteiger partial charge is 0.213 e. The van der Waals surface area contributed by atoms with E-state index in [1.807, 2.05) is 0 Å². The fourth-order valence-corrected chi connectivity index (χ4v) is 2.47. The molecule has 0 radical (unpaired) electrons. The minimum absolute atomic E-state index is 0.0405. The second-order valence-electron chi connectivity index (χ2n) is 3.29. The highest BCUT2D eigenvalue weighted by Crippen LogP contribution is 2.14. The largest absolute Gasteiger partial charge is 0.380 e. The minimum Gasteiger partial charge on any atom is -0.380 e. The molecule has 1 heterocycles. The summed E-state index contributed by atoms with van der Waals surface area (Å²) < 4.78 is 29.6. The lowest BCUT2D eigenvalue weighted by molar-refractivity contribution is 0.0513. The average molecular weight is 207 g/mol. The molecule has 0 spiro atoms. The normalized spacial score (nSPS) is 25.0. The Balaban J connectivity index is 2.60. The Bertz CT molecular complexity index is 244. The number of nitrogens with zero attached hydrogens (tertiary/aromatic N) is 1. The van der Waals surface area contributed by atoms with Crippen LogP contribution >= 0.6 is 0 Å². The number of ether oxygens (including phenoxy) is 1. The maximum absolute atomic E-state index is 11.5. The predicted molar refractivity (Wildman–Crippen MR) is 51.1 cm³/mol. The monoisotopic (exact) mass is 207 g/mol. The SMILES string of the molecule is CCS(=O)(=O)N(C)C1CCCOC1. The van der Waals surface area contributed by atoms with Gasteiger partial charge in [0.25, 0.3) is 0 Å². The topological polar surface area (TPSA) is 46.6 Å². The summed E-state index contributed by atoms with van der Waals surface area (Å²) in [4.78, 5) is 0. The molecule has 0 saturated carbocycles. The zero-order chi connectivity index (χ0) is 9.90. The third kappa shape index (κ3) is 2.65.